The third-order valence-electron chi connectivity index (χ3n) is 3.63. The molecule has 0 saturated carbocycles. The van der Waals surface area contributed by atoms with Gasteiger partial charge in [-0.1, -0.05) is 16.8 Å². The number of halogens is 2. The zero-order valence-corrected chi connectivity index (χ0v) is 13.1. The summed E-state index contributed by atoms with van der Waals surface area (Å²) < 4.78 is 5.31. The lowest BCUT2D eigenvalue weighted by Gasteiger charge is -2.12. The molecule has 0 spiro atoms. The molecule has 1 aromatic heterocycles. The molecule has 114 valence electrons. The van der Waals surface area contributed by atoms with Crippen molar-refractivity contribution in [2.75, 3.05) is 19.6 Å². The first-order chi connectivity index (χ1) is 9.74. The number of nitrogens with two attached hydrogens (primary N) is 1. The molecular formula is C14H18Cl2N4O. The summed E-state index contributed by atoms with van der Waals surface area (Å²) in [5.41, 5.74) is 6.60. The highest BCUT2D eigenvalue weighted by Gasteiger charge is 2.23. The van der Waals surface area contributed by atoms with Crippen molar-refractivity contribution in [1.29, 1.82) is 0 Å². The summed E-state index contributed by atoms with van der Waals surface area (Å²) in [7, 11) is 0. The Hall–Kier alpha value is -1.14. The van der Waals surface area contributed by atoms with E-state index in [9.17, 15) is 0 Å². The van der Waals surface area contributed by atoms with Crippen molar-refractivity contribution in [2.24, 2.45) is 11.7 Å². The Morgan fingerprint density at radius 3 is 2.76 bits per heavy atom. The number of likely N-dealkylation sites (tertiary alicyclic amines) is 1. The Labute approximate surface area is 134 Å². The minimum Gasteiger partial charge on any atom is -0.338 e. The lowest BCUT2D eigenvalue weighted by Crippen LogP contribution is -2.22. The summed E-state index contributed by atoms with van der Waals surface area (Å²) >= 11 is 5.86. The molecule has 1 unspecified atom stereocenters. The van der Waals surface area contributed by atoms with E-state index in [4.69, 9.17) is 21.9 Å². The summed E-state index contributed by atoms with van der Waals surface area (Å²) in [6.07, 6.45) is 1.15. The van der Waals surface area contributed by atoms with Gasteiger partial charge in [0.2, 0.25) is 11.7 Å². The van der Waals surface area contributed by atoms with Crippen LogP contribution in [0, 0.1) is 5.92 Å². The van der Waals surface area contributed by atoms with E-state index in [1.807, 2.05) is 24.3 Å². The number of nitrogens with zero attached hydrogens (tertiary/aromatic N) is 3. The van der Waals surface area contributed by atoms with Crippen LogP contribution in [0.25, 0.3) is 11.4 Å². The molecular weight excluding hydrogens is 311 g/mol. The van der Waals surface area contributed by atoms with Crippen LogP contribution in [0.5, 0.6) is 0 Å². The van der Waals surface area contributed by atoms with Gasteiger partial charge in [0.1, 0.15) is 0 Å². The summed E-state index contributed by atoms with van der Waals surface area (Å²) in [6, 6.07) is 7.41. The molecule has 5 nitrogen and oxygen atoms in total. The van der Waals surface area contributed by atoms with Gasteiger partial charge < -0.3 is 10.3 Å². The molecule has 1 atom stereocenters. The van der Waals surface area contributed by atoms with Gasteiger partial charge in [-0.05, 0) is 49.7 Å². The van der Waals surface area contributed by atoms with Crippen LogP contribution in [0.3, 0.4) is 0 Å². The molecule has 1 saturated heterocycles. The molecule has 2 N–H and O–H groups in total. The molecule has 1 aromatic carbocycles. The lowest BCUT2D eigenvalue weighted by molar-refractivity contribution is 0.261. The van der Waals surface area contributed by atoms with Gasteiger partial charge in [0.05, 0.1) is 6.54 Å². The largest absolute Gasteiger partial charge is 0.338 e. The summed E-state index contributed by atoms with van der Waals surface area (Å²) in [5, 5.41) is 4.71. The minimum absolute atomic E-state index is 0. The average Bonchev–Trinajstić information content (AvgIpc) is 3.09. The van der Waals surface area contributed by atoms with E-state index in [0.29, 0.717) is 29.2 Å². The fourth-order valence-corrected chi connectivity index (χ4v) is 2.60. The number of aromatic nitrogens is 2. The molecule has 0 radical (unpaired) electrons. The first-order valence-corrected chi connectivity index (χ1v) is 7.13. The van der Waals surface area contributed by atoms with Crippen LogP contribution in [0.1, 0.15) is 12.3 Å². The molecule has 0 amide bonds. The molecule has 0 bridgehead atoms. The smallest absolute Gasteiger partial charge is 0.241 e. The number of rotatable bonds is 4. The highest BCUT2D eigenvalue weighted by molar-refractivity contribution is 6.30. The van der Waals surface area contributed by atoms with Crippen molar-refractivity contribution in [2.45, 2.75) is 13.0 Å². The Morgan fingerprint density at radius 2 is 2.10 bits per heavy atom. The van der Waals surface area contributed by atoms with Gasteiger partial charge in [-0.3, -0.25) is 4.90 Å². The third-order valence-corrected chi connectivity index (χ3v) is 3.88. The van der Waals surface area contributed by atoms with Crippen LogP contribution in [-0.2, 0) is 6.54 Å². The fraction of sp³-hybridized carbons (Fsp3) is 0.429. The van der Waals surface area contributed by atoms with E-state index in [1.54, 1.807) is 0 Å². The second-order valence-corrected chi connectivity index (χ2v) is 5.58. The fourth-order valence-electron chi connectivity index (χ4n) is 2.48. The first-order valence-electron chi connectivity index (χ1n) is 6.75. The van der Waals surface area contributed by atoms with Crippen LogP contribution < -0.4 is 5.73 Å². The molecule has 1 fully saturated rings. The third kappa shape index (κ3) is 3.95. The van der Waals surface area contributed by atoms with Gasteiger partial charge in [0, 0.05) is 17.1 Å². The molecule has 21 heavy (non-hydrogen) atoms. The van der Waals surface area contributed by atoms with Crippen molar-refractivity contribution in [1.82, 2.24) is 15.0 Å². The number of hydrogen-bond donors (Lipinski definition) is 1. The van der Waals surface area contributed by atoms with Crippen LogP contribution >= 0.6 is 24.0 Å². The molecule has 2 heterocycles. The van der Waals surface area contributed by atoms with E-state index < -0.39 is 0 Å². The van der Waals surface area contributed by atoms with Crippen LogP contribution in [0.15, 0.2) is 28.8 Å². The van der Waals surface area contributed by atoms with E-state index in [-0.39, 0.29) is 12.4 Å². The van der Waals surface area contributed by atoms with Crippen molar-refractivity contribution in [3.8, 4) is 11.4 Å². The molecule has 7 heteroatoms. The van der Waals surface area contributed by atoms with Gasteiger partial charge in [-0.25, -0.2) is 0 Å². The minimum atomic E-state index is 0. The predicted octanol–water partition coefficient (Wildman–Crippen LogP) is 2.59. The first kappa shape index (κ1) is 16.2. The van der Waals surface area contributed by atoms with E-state index in [0.717, 1.165) is 31.6 Å². The van der Waals surface area contributed by atoms with Crippen LogP contribution in [-0.4, -0.2) is 34.7 Å². The van der Waals surface area contributed by atoms with Gasteiger partial charge in [-0.15, -0.1) is 12.4 Å². The molecule has 3 rings (SSSR count). The Kier molecular flexibility index (Phi) is 5.58. The van der Waals surface area contributed by atoms with Crippen molar-refractivity contribution in [3.05, 3.63) is 35.2 Å². The highest BCUT2D eigenvalue weighted by atomic mass is 35.5. The quantitative estimate of drug-likeness (QED) is 0.934. The van der Waals surface area contributed by atoms with Crippen LogP contribution in [0.4, 0.5) is 0 Å². The molecule has 2 aromatic rings. The van der Waals surface area contributed by atoms with Crippen LogP contribution in [0.2, 0.25) is 5.02 Å². The van der Waals surface area contributed by atoms with E-state index >= 15 is 0 Å². The normalized spacial score (nSPS) is 18.7. The summed E-state index contributed by atoms with van der Waals surface area (Å²) in [5.74, 6) is 1.84. The summed E-state index contributed by atoms with van der Waals surface area (Å²) in [6.45, 7) is 3.49. The predicted molar refractivity (Wildman–Crippen MR) is 84.4 cm³/mol. The monoisotopic (exact) mass is 328 g/mol. The van der Waals surface area contributed by atoms with Gasteiger partial charge in [0.15, 0.2) is 0 Å². The van der Waals surface area contributed by atoms with Gasteiger partial charge >= 0.3 is 0 Å². The second-order valence-electron chi connectivity index (χ2n) is 5.14. The maximum absolute atomic E-state index is 5.86. The molecule has 1 aliphatic rings. The molecule has 0 aliphatic carbocycles. The lowest BCUT2D eigenvalue weighted by atomic mass is 10.1. The highest BCUT2D eigenvalue weighted by Crippen LogP contribution is 2.21. The Morgan fingerprint density at radius 1 is 1.33 bits per heavy atom. The van der Waals surface area contributed by atoms with E-state index in [1.165, 1.54) is 0 Å². The maximum atomic E-state index is 5.86. The Balaban J connectivity index is 0.00000161. The summed E-state index contributed by atoms with van der Waals surface area (Å²) in [4.78, 5) is 6.73. The van der Waals surface area contributed by atoms with Gasteiger partial charge in [0.25, 0.3) is 0 Å². The number of hydrogen-bond acceptors (Lipinski definition) is 5. The maximum Gasteiger partial charge on any atom is 0.241 e. The topological polar surface area (TPSA) is 68.2 Å². The number of benzene rings is 1. The second kappa shape index (κ2) is 7.22. The van der Waals surface area contributed by atoms with E-state index in [2.05, 4.69) is 15.0 Å². The zero-order valence-electron chi connectivity index (χ0n) is 11.5. The van der Waals surface area contributed by atoms with Crippen molar-refractivity contribution >= 4 is 24.0 Å². The van der Waals surface area contributed by atoms with Crippen molar-refractivity contribution < 1.29 is 4.52 Å². The standard InChI is InChI=1S/C14H17ClN4O.ClH/c15-12-3-1-11(2-4-12)14-17-13(20-18-14)9-19-6-5-10(7-16)8-19;/h1-4,10H,5-9,16H2;1H. The SMILES string of the molecule is Cl.NCC1CCN(Cc2nc(-c3ccc(Cl)cc3)no2)C1. The van der Waals surface area contributed by atoms with Gasteiger partial charge in [-0.2, -0.15) is 4.98 Å². The molecule has 1 aliphatic heterocycles. The Bertz CT molecular complexity index is 573. The average molecular weight is 329 g/mol. The van der Waals surface area contributed by atoms with Crippen molar-refractivity contribution in [3.63, 3.8) is 0 Å². The zero-order chi connectivity index (χ0) is 13.9.